The van der Waals surface area contributed by atoms with Gasteiger partial charge in [-0.25, -0.2) is 4.98 Å². The Morgan fingerprint density at radius 1 is 1.35 bits per heavy atom. The largest absolute Gasteiger partial charge is 0.496 e. The lowest BCUT2D eigenvalue weighted by molar-refractivity contribution is 0.265. The van der Waals surface area contributed by atoms with Crippen molar-refractivity contribution < 1.29 is 4.74 Å². The first kappa shape index (κ1) is 13.3. The molecule has 1 aliphatic rings. The summed E-state index contributed by atoms with van der Waals surface area (Å²) in [5.74, 6) is 0.782. The Kier molecular flexibility index (Phi) is 3.86. The van der Waals surface area contributed by atoms with E-state index in [1.165, 1.54) is 11.3 Å². The second-order valence-electron chi connectivity index (χ2n) is 4.41. The molecular formula is C15H11BrN2OS. The Labute approximate surface area is 129 Å². The van der Waals surface area contributed by atoms with Gasteiger partial charge in [0, 0.05) is 21.8 Å². The number of hydrogen-bond acceptors (Lipinski definition) is 4. The molecule has 0 aliphatic carbocycles. The number of aromatic nitrogens is 1. The summed E-state index contributed by atoms with van der Waals surface area (Å²) in [5, 5.41) is 12.0. The third-order valence-electron chi connectivity index (χ3n) is 3.07. The molecule has 0 saturated carbocycles. The van der Waals surface area contributed by atoms with Gasteiger partial charge >= 0.3 is 0 Å². The molecule has 3 nitrogen and oxygen atoms in total. The second-order valence-corrected chi connectivity index (χ2v) is 6.18. The lowest BCUT2D eigenvalue weighted by Gasteiger charge is -2.00. The number of hydrogen-bond donors (Lipinski definition) is 0. The molecule has 1 aliphatic heterocycles. The Balaban J connectivity index is 1.96. The van der Waals surface area contributed by atoms with E-state index in [0.717, 1.165) is 39.3 Å². The van der Waals surface area contributed by atoms with E-state index < -0.39 is 0 Å². The van der Waals surface area contributed by atoms with Crippen LogP contribution in [0, 0.1) is 11.3 Å². The molecule has 1 saturated heterocycles. The van der Waals surface area contributed by atoms with Crippen molar-refractivity contribution in [3.63, 3.8) is 0 Å². The fraction of sp³-hybridized carbons (Fsp3) is 0.200. The molecule has 0 N–H and O–H groups in total. The number of thiazole rings is 1. The van der Waals surface area contributed by atoms with E-state index in [1.807, 2.05) is 29.6 Å². The summed E-state index contributed by atoms with van der Waals surface area (Å²) < 4.78 is 6.55. The van der Waals surface area contributed by atoms with Gasteiger partial charge in [0.1, 0.15) is 22.4 Å². The highest BCUT2D eigenvalue weighted by Crippen LogP contribution is 2.31. The van der Waals surface area contributed by atoms with E-state index in [9.17, 15) is 5.26 Å². The maximum Gasteiger partial charge on any atom is 0.138 e. The van der Waals surface area contributed by atoms with Crippen molar-refractivity contribution in [3.05, 3.63) is 44.9 Å². The van der Waals surface area contributed by atoms with Crippen LogP contribution in [0.1, 0.15) is 17.8 Å². The topological polar surface area (TPSA) is 45.9 Å². The van der Waals surface area contributed by atoms with E-state index in [2.05, 4.69) is 27.0 Å². The zero-order chi connectivity index (χ0) is 13.9. The number of rotatable bonds is 2. The predicted molar refractivity (Wildman–Crippen MR) is 83.0 cm³/mol. The van der Waals surface area contributed by atoms with Crippen LogP contribution in [0.3, 0.4) is 0 Å². The minimum atomic E-state index is 0.580. The molecule has 0 atom stereocenters. The first-order chi connectivity index (χ1) is 9.78. The number of benzene rings is 1. The third kappa shape index (κ3) is 2.62. The average Bonchev–Trinajstić information content (AvgIpc) is 3.12. The van der Waals surface area contributed by atoms with Crippen LogP contribution in [0.4, 0.5) is 0 Å². The van der Waals surface area contributed by atoms with E-state index in [4.69, 9.17) is 4.74 Å². The van der Waals surface area contributed by atoms with E-state index in [0.29, 0.717) is 12.2 Å². The van der Waals surface area contributed by atoms with Crippen LogP contribution < -0.4 is 0 Å². The van der Waals surface area contributed by atoms with E-state index in [1.54, 1.807) is 0 Å². The number of allylic oxidation sites excluding steroid dienone is 2. The Bertz CT molecular complexity index is 689. The van der Waals surface area contributed by atoms with Crippen LogP contribution in [-0.4, -0.2) is 11.6 Å². The van der Waals surface area contributed by atoms with Gasteiger partial charge in [-0.15, -0.1) is 11.3 Å². The Hall–Kier alpha value is -1.64. The van der Waals surface area contributed by atoms with Crippen LogP contribution in [0.5, 0.6) is 0 Å². The standard InChI is InChI=1S/C15H11BrN2OS/c16-11-5-3-10(4-6-11)13-9-20-15(18-13)12(8-17)14-2-1-7-19-14/h3-6,9H,1-2,7H2. The molecule has 100 valence electrons. The first-order valence-corrected chi connectivity index (χ1v) is 7.93. The Morgan fingerprint density at radius 3 is 2.80 bits per heavy atom. The summed E-state index contributed by atoms with van der Waals surface area (Å²) in [7, 11) is 0. The fourth-order valence-corrected chi connectivity index (χ4v) is 3.17. The number of nitrogens with zero attached hydrogens (tertiary/aromatic N) is 2. The molecule has 0 spiro atoms. The maximum absolute atomic E-state index is 9.33. The van der Waals surface area contributed by atoms with Crippen LogP contribution in [0.15, 0.2) is 39.9 Å². The Morgan fingerprint density at radius 2 is 2.15 bits per heavy atom. The van der Waals surface area contributed by atoms with Crippen LogP contribution in [0.25, 0.3) is 16.8 Å². The van der Waals surface area contributed by atoms with Crippen molar-refractivity contribution >= 4 is 32.8 Å². The minimum absolute atomic E-state index is 0.580. The summed E-state index contributed by atoms with van der Waals surface area (Å²) in [6.45, 7) is 0.700. The van der Waals surface area contributed by atoms with Gasteiger partial charge in [-0.05, 0) is 18.6 Å². The molecule has 20 heavy (non-hydrogen) atoms. The molecule has 0 unspecified atom stereocenters. The average molecular weight is 347 g/mol. The summed E-state index contributed by atoms with van der Waals surface area (Å²) in [6.07, 6.45) is 1.81. The van der Waals surface area contributed by atoms with Crippen molar-refractivity contribution in [1.82, 2.24) is 4.98 Å². The maximum atomic E-state index is 9.33. The van der Waals surface area contributed by atoms with Gasteiger partial charge in [-0.1, -0.05) is 28.1 Å². The molecule has 2 aromatic rings. The van der Waals surface area contributed by atoms with Crippen LogP contribution in [-0.2, 0) is 4.74 Å². The van der Waals surface area contributed by atoms with Crippen molar-refractivity contribution in [2.75, 3.05) is 6.61 Å². The van der Waals surface area contributed by atoms with Gasteiger partial charge in [0.15, 0.2) is 0 Å². The van der Waals surface area contributed by atoms with Crippen LogP contribution in [0.2, 0.25) is 0 Å². The number of ether oxygens (including phenoxy) is 1. The molecule has 0 bridgehead atoms. The summed E-state index contributed by atoms with van der Waals surface area (Å²) in [4.78, 5) is 4.57. The van der Waals surface area contributed by atoms with Crippen molar-refractivity contribution in [1.29, 1.82) is 5.26 Å². The SMILES string of the molecule is N#CC(=C1CCCO1)c1nc(-c2ccc(Br)cc2)cs1. The van der Waals surface area contributed by atoms with Crippen molar-refractivity contribution in [2.45, 2.75) is 12.8 Å². The van der Waals surface area contributed by atoms with E-state index in [-0.39, 0.29) is 0 Å². The normalized spacial score (nSPS) is 16.6. The molecule has 5 heteroatoms. The third-order valence-corrected chi connectivity index (χ3v) is 4.46. The molecule has 0 radical (unpaired) electrons. The van der Waals surface area contributed by atoms with Gasteiger partial charge in [0.25, 0.3) is 0 Å². The molecular weight excluding hydrogens is 336 g/mol. The van der Waals surface area contributed by atoms with Gasteiger partial charge in [0.2, 0.25) is 0 Å². The zero-order valence-electron chi connectivity index (χ0n) is 10.6. The quantitative estimate of drug-likeness (QED) is 0.745. The minimum Gasteiger partial charge on any atom is -0.496 e. The van der Waals surface area contributed by atoms with Crippen molar-refractivity contribution in [3.8, 4) is 17.3 Å². The molecule has 0 amide bonds. The summed E-state index contributed by atoms with van der Waals surface area (Å²) in [6, 6.07) is 10.2. The smallest absolute Gasteiger partial charge is 0.138 e. The number of halogens is 1. The molecule has 1 aromatic carbocycles. The van der Waals surface area contributed by atoms with Gasteiger partial charge in [-0.2, -0.15) is 5.26 Å². The van der Waals surface area contributed by atoms with Crippen molar-refractivity contribution in [2.24, 2.45) is 0 Å². The zero-order valence-corrected chi connectivity index (χ0v) is 13.0. The highest BCUT2D eigenvalue weighted by atomic mass is 79.9. The highest BCUT2D eigenvalue weighted by molar-refractivity contribution is 9.10. The van der Waals surface area contributed by atoms with E-state index >= 15 is 0 Å². The molecule has 2 heterocycles. The molecule has 1 aromatic heterocycles. The lowest BCUT2D eigenvalue weighted by atomic mass is 10.2. The van der Waals surface area contributed by atoms with Gasteiger partial charge < -0.3 is 4.74 Å². The van der Waals surface area contributed by atoms with Gasteiger partial charge in [0.05, 0.1) is 12.3 Å². The lowest BCUT2D eigenvalue weighted by Crippen LogP contribution is -1.89. The monoisotopic (exact) mass is 346 g/mol. The van der Waals surface area contributed by atoms with Crippen LogP contribution >= 0.6 is 27.3 Å². The second kappa shape index (κ2) is 5.78. The summed E-state index contributed by atoms with van der Waals surface area (Å²) >= 11 is 4.90. The predicted octanol–water partition coefficient (Wildman–Crippen LogP) is 4.62. The first-order valence-electron chi connectivity index (χ1n) is 6.26. The fourth-order valence-electron chi connectivity index (χ4n) is 2.07. The molecule has 1 fully saturated rings. The van der Waals surface area contributed by atoms with Gasteiger partial charge in [-0.3, -0.25) is 0 Å². The molecule has 3 rings (SSSR count). The number of nitriles is 1. The highest BCUT2D eigenvalue weighted by Gasteiger charge is 2.18. The summed E-state index contributed by atoms with van der Waals surface area (Å²) in [5.41, 5.74) is 2.52.